The maximum absolute atomic E-state index is 12.3. The number of hydrogen-bond acceptors (Lipinski definition) is 8. The van der Waals surface area contributed by atoms with Crippen LogP contribution in [0.5, 0.6) is 0 Å². The van der Waals surface area contributed by atoms with E-state index in [1.165, 1.54) is 4.68 Å². The molecule has 0 unspecified atom stereocenters. The second-order valence-electron chi connectivity index (χ2n) is 5.72. The summed E-state index contributed by atoms with van der Waals surface area (Å²) < 4.78 is 8.76. The lowest BCUT2D eigenvalue weighted by Gasteiger charge is -2.34. The van der Waals surface area contributed by atoms with Gasteiger partial charge in [0.25, 0.3) is 5.56 Å². The maximum Gasteiger partial charge on any atom is 0.268 e. The molecule has 10 heteroatoms. The van der Waals surface area contributed by atoms with Gasteiger partial charge in [-0.05, 0) is 29.8 Å². The lowest BCUT2D eigenvalue weighted by molar-refractivity contribution is 0.0368. The van der Waals surface area contributed by atoms with E-state index in [-0.39, 0.29) is 11.7 Å². The lowest BCUT2D eigenvalue weighted by Crippen LogP contribution is -2.43. The van der Waals surface area contributed by atoms with Gasteiger partial charge in [-0.15, -0.1) is 5.10 Å². The topological polar surface area (TPSA) is 117 Å². The largest absolute Gasteiger partial charge is 0.374 e. The Balaban J connectivity index is 1.58. The normalized spacial score (nSPS) is 18.0. The third-order valence-electron chi connectivity index (χ3n) is 4.00. The summed E-state index contributed by atoms with van der Waals surface area (Å²) in [4.78, 5) is 14.4. The zero-order valence-corrected chi connectivity index (χ0v) is 13.5. The Bertz CT molecular complexity index is 684. The van der Waals surface area contributed by atoms with E-state index in [1.807, 2.05) is 0 Å². The predicted molar refractivity (Wildman–Crippen MR) is 86.6 cm³/mol. The van der Waals surface area contributed by atoms with E-state index in [0.717, 1.165) is 31.6 Å². The summed E-state index contributed by atoms with van der Waals surface area (Å²) in [6, 6.07) is 1.63. The highest BCUT2D eigenvalue weighted by Gasteiger charge is 2.20. The Morgan fingerprint density at radius 2 is 2.29 bits per heavy atom. The number of aromatic nitrogens is 6. The Kier molecular flexibility index (Phi) is 5.49. The van der Waals surface area contributed by atoms with Gasteiger partial charge in [0.1, 0.15) is 6.33 Å². The number of hydrogen-bond donors (Lipinski definition) is 1. The molecular weight excluding hydrogens is 312 g/mol. The van der Waals surface area contributed by atoms with Gasteiger partial charge < -0.3 is 15.4 Å². The molecular formula is C14H22N8O2. The molecule has 3 rings (SSSR count). The van der Waals surface area contributed by atoms with Crippen LogP contribution in [-0.4, -0.2) is 62.3 Å². The Morgan fingerprint density at radius 3 is 3.04 bits per heavy atom. The quantitative estimate of drug-likeness (QED) is 0.676. The molecule has 1 aliphatic heterocycles. The van der Waals surface area contributed by atoms with E-state index in [9.17, 15) is 4.79 Å². The van der Waals surface area contributed by atoms with Crippen LogP contribution in [0.1, 0.15) is 12.8 Å². The number of anilines is 1. The first-order valence-corrected chi connectivity index (χ1v) is 8.11. The van der Waals surface area contributed by atoms with Crippen LogP contribution in [0.3, 0.4) is 0 Å². The van der Waals surface area contributed by atoms with Gasteiger partial charge in [-0.1, -0.05) is 0 Å². The summed E-state index contributed by atoms with van der Waals surface area (Å²) in [5.41, 5.74) is 6.32. The molecule has 1 atom stereocenters. The summed E-state index contributed by atoms with van der Waals surface area (Å²) in [7, 11) is 0. The minimum absolute atomic E-state index is 0.105. The van der Waals surface area contributed by atoms with Gasteiger partial charge in [-0.25, -0.2) is 9.36 Å². The molecule has 1 saturated heterocycles. The van der Waals surface area contributed by atoms with Crippen LogP contribution in [0.25, 0.3) is 0 Å². The zero-order chi connectivity index (χ0) is 16.8. The molecule has 0 bridgehead atoms. The van der Waals surface area contributed by atoms with Crippen LogP contribution in [0, 0.1) is 0 Å². The van der Waals surface area contributed by atoms with Crippen molar-refractivity contribution in [3.8, 4) is 0 Å². The molecule has 0 aliphatic carbocycles. The molecule has 1 aliphatic rings. The molecule has 2 aromatic heterocycles. The number of nitrogens with two attached hydrogens (primary N) is 1. The molecule has 1 fully saturated rings. The SMILES string of the molecule is NCC[C@@H]1CN(c2cnn(CCCn3cnnn3)c(=O)c2)CCO1. The van der Waals surface area contributed by atoms with Crippen LogP contribution in [0.2, 0.25) is 0 Å². The first-order chi connectivity index (χ1) is 11.8. The van der Waals surface area contributed by atoms with Crippen LogP contribution in [0.15, 0.2) is 23.4 Å². The fraction of sp³-hybridized carbons (Fsp3) is 0.643. The van der Waals surface area contributed by atoms with Crippen molar-refractivity contribution in [2.45, 2.75) is 32.0 Å². The van der Waals surface area contributed by atoms with E-state index < -0.39 is 0 Å². The van der Waals surface area contributed by atoms with Crippen molar-refractivity contribution in [1.82, 2.24) is 30.0 Å². The molecule has 2 N–H and O–H groups in total. The van der Waals surface area contributed by atoms with Crippen LogP contribution >= 0.6 is 0 Å². The fourth-order valence-corrected chi connectivity index (χ4v) is 2.74. The Morgan fingerprint density at radius 1 is 1.38 bits per heavy atom. The second kappa shape index (κ2) is 7.97. The smallest absolute Gasteiger partial charge is 0.268 e. The molecule has 3 heterocycles. The van der Waals surface area contributed by atoms with Crippen LogP contribution in [0.4, 0.5) is 5.69 Å². The number of tetrazole rings is 1. The summed E-state index contributed by atoms with van der Waals surface area (Å²) in [6.45, 7) is 3.90. The van der Waals surface area contributed by atoms with Crippen LogP contribution in [-0.2, 0) is 17.8 Å². The van der Waals surface area contributed by atoms with Crippen molar-refractivity contribution < 1.29 is 4.74 Å². The monoisotopic (exact) mass is 334 g/mol. The van der Waals surface area contributed by atoms with E-state index in [4.69, 9.17) is 10.5 Å². The van der Waals surface area contributed by atoms with Crippen LogP contribution < -0.4 is 16.2 Å². The average Bonchev–Trinajstić information content (AvgIpc) is 3.10. The van der Waals surface area contributed by atoms with Gasteiger partial charge in [0.15, 0.2) is 0 Å². The number of nitrogens with zero attached hydrogens (tertiary/aromatic N) is 7. The minimum atomic E-state index is -0.105. The van der Waals surface area contributed by atoms with Crippen molar-refractivity contribution in [1.29, 1.82) is 0 Å². The van der Waals surface area contributed by atoms with E-state index >= 15 is 0 Å². The van der Waals surface area contributed by atoms with Crippen molar-refractivity contribution >= 4 is 5.69 Å². The summed E-state index contributed by atoms with van der Waals surface area (Å²) in [5, 5.41) is 15.2. The summed E-state index contributed by atoms with van der Waals surface area (Å²) >= 11 is 0. The number of ether oxygens (including phenoxy) is 1. The predicted octanol–water partition coefficient (Wildman–Crippen LogP) is -1.13. The van der Waals surface area contributed by atoms with Crippen molar-refractivity contribution in [2.24, 2.45) is 5.73 Å². The maximum atomic E-state index is 12.3. The Hall–Kier alpha value is -2.33. The lowest BCUT2D eigenvalue weighted by atomic mass is 10.2. The molecule has 0 radical (unpaired) electrons. The third kappa shape index (κ3) is 4.15. The first-order valence-electron chi connectivity index (χ1n) is 8.11. The average molecular weight is 334 g/mol. The highest BCUT2D eigenvalue weighted by atomic mass is 16.5. The van der Waals surface area contributed by atoms with Gasteiger partial charge in [-0.3, -0.25) is 4.79 Å². The standard InChI is InChI=1S/C14H22N8O2/c15-3-2-13-10-20(6-7-24-13)12-8-14(23)22(17-9-12)5-1-4-21-11-16-18-19-21/h8-9,11,13H,1-7,10,15H2/t13-/m1/s1. The van der Waals surface area contributed by atoms with Gasteiger partial charge in [0, 0.05) is 32.2 Å². The third-order valence-corrected chi connectivity index (χ3v) is 4.00. The molecule has 10 nitrogen and oxygen atoms in total. The van der Waals surface area contributed by atoms with Gasteiger partial charge in [-0.2, -0.15) is 5.10 Å². The summed E-state index contributed by atoms with van der Waals surface area (Å²) in [6.07, 6.45) is 4.95. The van der Waals surface area contributed by atoms with E-state index in [0.29, 0.717) is 26.2 Å². The first kappa shape index (κ1) is 16.5. The van der Waals surface area contributed by atoms with Gasteiger partial charge in [0.05, 0.1) is 24.6 Å². The van der Waals surface area contributed by atoms with Crippen molar-refractivity contribution in [3.63, 3.8) is 0 Å². The van der Waals surface area contributed by atoms with Gasteiger partial charge in [0.2, 0.25) is 0 Å². The van der Waals surface area contributed by atoms with E-state index in [1.54, 1.807) is 23.3 Å². The highest BCUT2D eigenvalue weighted by molar-refractivity contribution is 5.43. The molecule has 0 saturated carbocycles. The number of aryl methyl sites for hydroxylation is 2. The number of morpholine rings is 1. The summed E-state index contributed by atoms with van der Waals surface area (Å²) in [5.74, 6) is 0. The zero-order valence-electron chi connectivity index (χ0n) is 13.5. The van der Waals surface area contributed by atoms with Crippen molar-refractivity contribution in [2.75, 3.05) is 31.1 Å². The molecule has 0 amide bonds. The fourth-order valence-electron chi connectivity index (χ4n) is 2.74. The van der Waals surface area contributed by atoms with E-state index in [2.05, 4.69) is 25.5 Å². The minimum Gasteiger partial charge on any atom is -0.374 e. The Labute approximate surface area is 139 Å². The van der Waals surface area contributed by atoms with Gasteiger partial charge >= 0.3 is 0 Å². The van der Waals surface area contributed by atoms with Crippen molar-refractivity contribution in [3.05, 3.63) is 28.9 Å². The molecule has 130 valence electrons. The molecule has 0 aromatic carbocycles. The number of rotatable bonds is 7. The molecule has 2 aromatic rings. The molecule has 0 spiro atoms. The second-order valence-corrected chi connectivity index (χ2v) is 5.72. The molecule has 24 heavy (non-hydrogen) atoms. The highest BCUT2D eigenvalue weighted by Crippen LogP contribution is 2.16.